The van der Waals surface area contributed by atoms with Gasteiger partial charge in [-0.2, -0.15) is 5.26 Å². The molecule has 0 spiro atoms. The van der Waals surface area contributed by atoms with E-state index in [9.17, 15) is 10.4 Å². The average molecular weight is 359 g/mol. The highest BCUT2D eigenvalue weighted by atomic mass is 16.3. The number of fused-ring (bicyclic) bond motifs is 2. The molecule has 4 heteroatoms. The van der Waals surface area contributed by atoms with Crippen LogP contribution in [0.3, 0.4) is 0 Å². The zero-order valence-electron chi connectivity index (χ0n) is 15.5. The van der Waals surface area contributed by atoms with Crippen molar-refractivity contribution in [1.29, 1.82) is 5.26 Å². The molecule has 0 aromatic heterocycles. The summed E-state index contributed by atoms with van der Waals surface area (Å²) in [6.45, 7) is 4.95. The maximum Gasteiger partial charge on any atom is 0.0918 e. The standard InChI is InChI=1S/C23H25N3O/c24-10-9-21-19-6-2-1-5-18(19)17-23(22-8-4-3-7-20(21)22)26-13-11-25(12-14-26)15-16-27/h1-9,23,27H,11-17H2/b21-9-. The number of allylic oxidation sites excluding steroid dienone is 1. The van der Waals surface area contributed by atoms with Crippen LogP contribution in [0.5, 0.6) is 0 Å². The first-order valence-electron chi connectivity index (χ1n) is 9.66. The van der Waals surface area contributed by atoms with Crippen molar-refractivity contribution in [3.8, 4) is 6.07 Å². The van der Waals surface area contributed by atoms with Crippen molar-refractivity contribution in [3.63, 3.8) is 0 Å². The van der Waals surface area contributed by atoms with Crippen molar-refractivity contribution < 1.29 is 5.11 Å². The van der Waals surface area contributed by atoms with Crippen molar-refractivity contribution in [2.24, 2.45) is 0 Å². The zero-order chi connectivity index (χ0) is 18.6. The van der Waals surface area contributed by atoms with Crippen LogP contribution < -0.4 is 0 Å². The second-order valence-electron chi connectivity index (χ2n) is 7.25. The number of aliphatic hydroxyl groups excluding tert-OH is 1. The van der Waals surface area contributed by atoms with Crippen LogP contribution in [0.15, 0.2) is 54.6 Å². The maximum absolute atomic E-state index is 9.39. The van der Waals surface area contributed by atoms with Gasteiger partial charge in [0.1, 0.15) is 0 Å². The Kier molecular flexibility index (Phi) is 5.35. The van der Waals surface area contributed by atoms with Gasteiger partial charge in [-0.25, -0.2) is 0 Å². The number of nitriles is 1. The highest BCUT2D eigenvalue weighted by Gasteiger charge is 2.30. The number of hydrogen-bond donors (Lipinski definition) is 1. The molecular formula is C23H25N3O. The highest BCUT2D eigenvalue weighted by Crippen LogP contribution is 2.40. The molecule has 1 aliphatic carbocycles. The lowest BCUT2D eigenvalue weighted by molar-refractivity contribution is 0.0832. The Morgan fingerprint density at radius 2 is 1.70 bits per heavy atom. The fourth-order valence-electron chi connectivity index (χ4n) is 4.44. The van der Waals surface area contributed by atoms with Crippen LogP contribution in [0.25, 0.3) is 5.57 Å². The molecule has 1 aliphatic heterocycles. The summed E-state index contributed by atoms with van der Waals surface area (Å²) in [5.41, 5.74) is 5.99. The van der Waals surface area contributed by atoms with E-state index in [4.69, 9.17) is 0 Å². The van der Waals surface area contributed by atoms with Gasteiger partial charge in [0.05, 0.1) is 12.7 Å². The fraction of sp³-hybridized carbons (Fsp3) is 0.348. The summed E-state index contributed by atoms with van der Waals surface area (Å²) in [6.07, 6.45) is 2.65. The first kappa shape index (κ1) is 17.9. The second kappa shape index (κ2) is 8.06. The molecule has 1 atom stereocenters. The van der Waals surface area contributed by atoms with Gasteiger partial charge in [-0.1, -0.05) is 48.5 Å². The maximum atomic E-state index is 9.39. The van der Waals surface area contributed by atoms with E-state index in [-0.39, 0.29) is 6.61 Å². The van der Waals surface area contributed by atoms with Gasteiger partial charge < -0.3 is 5.11 Å². The number of nitrogens with zero attached hydrogens (tertiary/aromatic N) is 3. The highest BCUT2D eigenvalue weighted by molar-refractivity contribution is 5.85. The molecule has 27 heavy (non-hydrogen) atoms. The molecule has 0 amide bonds. The molecule has 138 valence electrons. The number of piperazine rings is 1. The van der Waals surface area contributed by atoms with Gasteiger partial charge in [0.15, 0.2) is 0 Å². The third-order valence-corrected chi connectivity index (χ3v) is 5.80. The van der Waals surface area contributed by atoms with Crippen molar-refractivity contribution >= 4 is 5.57 Å². The van der Waals surface area contributed by atoms with Crippen LogP contribution >= 0.6 is 0 Å². The molecule has 2 aliphatic rings. The van der Waals surface area contributed by atoms with E-state index in [2.05, 4.69) is 64.4 Å². The van der Waals surface area contributed by atoms with E-state index in [0.717, 1.165) is 44.7 Å². The van der Waals surface area contributed by atoms with Gasteiger partial charge in [0.25, 0.3) is 0 Å². The summed E-state index contributed by atoms with van der Waals surface area (Å²) in [5, 5.41) is 18.6. The van der Waals surface area contributed by atoms with E-state index in [1.165, 1.54) is 22.3 Å². The molecule has 4 nitrogen and oxygen atoms in total. The Hall–Kier alpha value is -2.45. The van der Waals surface area contributed by atoms with E-state index < -0.39 is 0 Å². The van der Waals surface area contributed by atoms with Gasteiger partial charge in [-0.05, 0) is 34.2 Å². The van der Waals surface area contributed by atoms with Crippen molar-refractivity contribution in [3.05, 3.63) is 76.9 Å². The van der Waals surface area contributed by atoms with Gasteiger partial charge in [0.2, 0.25) is 0 Å². The molecule has 1 unspecified atom stereocenters. The van der Waals surface area contributed by atoms with E-state index >= 15 is 0 Å². The van der Waals surface area contributed by atoms with Crippen LogP contribution in [0.2, 0.25) is 0 Å². The summed E-state index contributed by atoms with van der Waals surface area (Å²) in [4.78, 5) is 4.90. The number of β-amino-alcohol motifs (C(OH)–C–C–N with tert-alkyl or cyclic N) is 1. The number of hydrogen-bond acceptors (Lipinski definition) is 4. The zero-order valence-corrected chi connectivity index (χ0v) is 15.5. The predicted molar refractivity (Wildman–Crippen MR) is 107 cm³/mol. The lowest BCUT2D eigenvalue weighted by Gasteiger charge is -2.39. The Balaban J connectivity index is 1.74. The van der Waals surface area contributed by atoms with Gasteiger partial charge in [-0.15, -0.1) is 0 Å². The van der Waals surface area contributed by atoms with Crippen molar-refractivity contribution in [2.45, 2.75) is 12.5 Å². The molecule has 2 aromatic carbocycles. The first-order valence-corrected chi connectivity index (χ1v) is 9.66. The Labute approximate surface area is 161 Å². The SMILES string of the molecule is N#C/C=C1/c2ccccc2CC(N2CCN(CCO)CC2)c2ccccc21. The minimum absolute atomic E-state index is 0.224. The van der Waals surface area contributed by atoms with E-state index in [1.807, 2.05) is 0 Å². The fourth-order valence-corrected chi connectivity index (χ4v) is 4.44. The van der Waals surface area contributed by atoms with Crippen LogP contribution in [-0.2, 0) is 6.42 Å². The largest absolute Gasteiger partial charge is 0.395 e. The third kappa shape index (κ3) is 3.54. The number of aliphatic hydroxyl groups is 1. The molecular weight excluding hydrogens is 334 g/mol. The van der Waals surface area contributed by atoms with Gasteiger partial charge in [0, 0.05) is 44.8 Å². The average Bonchev–Trinajstić information content (AvgIpc) is 2.85. The van der Waals surface area contributed by atoms with Crippen LogP contribution in [0.1, 0.15) is 28.3 Å². The first-order chi connectivity index (χ1) is 13.3. The smallest absolute Gasteiger partial charge is 0.0918 e. The molecule has 1 N–H and O–H groups in total. The Bertz CT molecular complexity index is 875. The van der Waals surface area contributed by atoms with Crippen molar-refractivity contribution in [2.75, 3.05) is 39.3 Å². The number of rotatable bonds is 3. The minimum atomic E-state index is 0.224. The molecule has 1 fully saturated rings. The molecule has 2 aromatic rings. The Morgan fingerprint density at radius 3 is 2.44 bits per heavy atom. The van der Waals surface area contributed by atoms with Crippen molar-refractivity contribution in [1.82, 2.24) is 9.80 Å². The topological polar surface area (TPSA) is 50.5 Å². The second-order valence-corrected chi connectivity index (χ2v) is 7.25. The Morgan fingerprint density at radius 1 is 1.00 bits per heavy atom. The molecule has 0 bridgehead atoms. The summed E-state index contributed by atoms with van der Waals surface area (Å²) in [7, 11) is 0. The van der Waals surface area contributed by atoms with E-state index in [1.54, 1.807) is 6.08 Å². The lowest BCUT2D eigenvalue weighted by Crippen LogP contribution is -2.48. The van der Waals surface area contributed by atoms with Gasteiger partial charge >= 0.3 is 0 Å². The molecule has 4 rings (SSSR count). The lowest BCUT2D eigenvalue weighted by atomic mass is 9.93. The summed E-state index contributed by atoms with van der Waals surface area (Å²) in [5.74, 6) is 0. The summed E-state index contributed by atoms with van der Waals surface area (Å²) >= 11 is 0. The van der Waals surface area contributed by atoms with Crippen LogP contribution in [0, 0.1) is 11.3 Å². The quantitative estimate of drug-likeness (QED) is 0.856. The summed E-state index contributed by atoms with van der Waals surface area (Å²) < 4.78 is 0. The van der Waals surface area contributed by atoms with Gasteiger partial charge in [-0.3, -0.25) is 9.80 Å². The third-order valence-electron chi connectivity index (χ3n) is 5.80. The molecule has 0 saturated carbocycles. The number of benzene rings is 2. The monoisotopic (exact) mass is 359 g/mol. The predicted octanol–water partition coefficient (Wildman–Crippen LogP) is 2.85. The van der Waals surface area contributed by atoms with Crippen LogP contribution in [0.4, 0.5) is 0 Å². The molecule has 0 radical (unpaired) electrons. The normalized spacial score (nSPS) is 21.9. The molecule has 1 saturated heterocycles. The molecule has 1 heterocycles. The van der Waals surface area contributed by atoms with Crippen LogP contribution in [-0.4, -0.2) is 54.2 Å². The summed E-state index contributed by atoms with van der Waals surface area (Å²) in [6, 6.07) is 19.6. The minimum Gasteiger partial charge on any atom is -0.395 e. The van der Waals surface area contributed by atoms with E-state index in [0.29, 0.717) is 6.04 Å².